The van der Waals surface area contributed by atoms with Crippen LogP contribution >= 0.6 is 24.8 Å². The molecule has 3 aliphatic heterocycles. The maximum atomic E-state index is 13.3. The van der Waals surface area contributed by atoms with Crippen LogP contribution in [0.25, 0.3) is 0 Å². The SMILES string of the molecule is Cl.Cl.NCCCCCN1CCN(c2cccc3c2C(=O)N(C2CCC(=O)NC2=O)C3=O)CC1. The van der Waals surface area contributed by atoms with E-state index in [4.69, 9.17) is 5.73 Å². The van der Waals surface area contributed by atoms with Crippen LogP contribution < -0.4 is 16.0 Å². The van der Waals surface area contributed by atoms with Gasteiger partial charge in [-0.2, -0.15) is 0 Å². The Morgan fingerprint density at radius 3 is 2.33 bits per heavy atom. The van der Waals surface area contributed by atoms with Crippen molar-refractivity contribution in [2.45, 2.75) is 38.1 Å². The number of amides is 4. The summed E-state index contributed by atoms with van der Waals surface area (Å²) in [5, 5.41) is 2.23. The Balaban J connectivity index is 0.00000193. The lowest BCUT2D eigenvalue weighted by Crippen LogP contribution is -2.54. The summed E-state index contributed by atoms with van der Waals surface area (Å²) in [7, 11) is 0. The molecule has 0 saturated carbocycles. The van der Waals surface area contributed by atoms with Crippen molar-refractivity contribution in [2.75, 3.05) is 44.2 Å². The molecule has 3 aliphatic rings. The van der Waals surface area contributed by atoms with Crippen molar-refractivity contribution in [3.05, 3.63) is 29.3 Å². The van der Waals surface area contributed by atoms with E-state index in [1.165, 1.54) is 0 Å². The highest BCUT2D eigenvalue weighted by Gasteiger charge is 2.46. The number of carbonyl (C=O) groups excluding carboxylic acids is 4. The third kappa shape index (κ3) is 5.48. The molecule has 9 nitrogen and oxygen atoms in total. The molecule has 0 spiro atoms. The van der Waals surface area contributed by atoms with Gasteiger partial charge >= 0.3 is 0 Å². The van der Waals surface area contributed by atoms with Crippen LogP contribution in [0.3, 0.4) is 0 Å². The number of benzene rings is 1. The number of fused-ring (bicyclic) bond motifs is 1. The third-order valence-electron chi connectivity index (χ3n) is 6.34. The number of hydrogen-bond donors (Lipinski definition) is 2. The van der Waals surface area contributed by atoms with Gasteiger partial charge in [0.2, 0.25) is 11.8 Å². The number of nitrogens with two attached hydrogens (primary N) is 1. The molecule has 2 fully saturated rings. The standard InChI is InChI=1S/C22H29N5O4.2ClH/c23-9-2-1-3-10-25-11-13-26(14-12-25)16-6-4-5-15-19(16)22(31)27(21(15)30)17-7-8-18(28)24-20(17)29;;/h4-6,17H,1-3,7-14,23H2,(H,24,28,29);2*1H. The molecule has 3 heterocycles. The van der Waals surface area contributed by atoms with Crippen molar-refractivity contribution in [1.82, 2.24) is 15.1 Å². The first-order chi connectivity index (χ1) is 15.0. The van der Waals surface area contributed by atoms with Crippen LogP contribution in [0.2, 0.25) is 0 Å². The van der Waals surface area contributed by atoms with Crippen molar-refractivity contribution >= 4 is 54.1 Å². The Labute approximate surface area is 205 Å². The summed E-state index contributed by atoms with van der Waals surface area (Å²) < 4.78 is 0. The van der Waals surface area contributed by atoms with Crippen molar-refractivity contribution in [3.8, 4) is 0 Å². The molecule has 1 unspecified atom stereocenters. The highest BCUT2D eigenvalue weighted by atomic mass is 35.5. The van der Waals surface area contributed by atoms with Crippen LogP contribution in [0.15, 0.2) is 18.2 Å². The van der Waals surface area contributed by atoms with E-state index in [1.807, 2.05) is 6.07 Å². The van der Waals surface area contributed by atoms with E-state index < -0.39 is 23.8 Å². The molecule has 0 aromatic heterocycles. The molecule has 1 atom stereocenters. The predicted octanol–water partition coefficient (Wildman–Crippen LogP) is 1.18. The van der Waals surface area contributed by atoms with E-state index in [1.54, 1.807) is 12.1 Å². The average molecular weight is 500 g/mol. The molecule has 1 aromatic carbocycles. The number of nitrogens with zero attached hydrogens (tertiary/aromatic N) is 3. The summed E-state index contributed by atoms with van der Waals surface area (Å²) in [5.74, 6) is -1.88. The molecule has 33 heavy (non-hydrogen) atoms. The second kappa shape index (κ2) is 11.8. The Morgan fingerprint density at radius 1 is 0.939 bits per heavy atom. The summed E-state index contributed by atoms with van der Waals surface area (Å²) in [4.78, 5) is 55.6. The summed E-state index contributed by atoms with van der Waals surface area (Å²) in [6, 6.07) is 4.35. The van der Waals surface area contributed by atoms with Crippen molar-refractivity contribution in [3.63, 3.8) is 0 Å². The summed E-state index contributed by atoms with van der Waals surface area (Å²) in [6.45, 7) is 5.11. The molecular formula is C22H31Cl2N5O4. The number of imide groups is 2. The zero-order valence-electron chi connectivity index (χ0n) is 18.5. The Morgan fingerprint density at radius 2 is 1.67 bits per heavy atom. The maximum absolute atomic E-state index is 13.3. The maximum Gasteiger partial charge on any atom is 0.264 e. The van der Waals surface area contributed by atoms with Gasteiger partial charge in [0.05, 0.1) is 16.8 Å². The van der Waals surface area contributed by atoms with E-state index in [2.05, 4.69) is 15.1 Å². The molecule has 4 rings (SSSR count). The first-order valence-electron chi connectivity index (χ1n) is 11.0. The predicted molar refractivity (Wildman–Crippen MR) is 129 cm³/mol. The third-order valence-corrected chi connectivity index (χ3v) is 6.34. The van der Waals surface area contributed by atoms with Gasteiger partial charge in [-0.15, -0.1) is 24.8 Å². The lowest BCUT2D eigenvalue weighted by Gasteiger charge is -2.36. The Bertz CT molecular complexity index is 905. The van der Waals surface area contributed by atoms with Crippen LogP contribution in [-0.4, -0.2) is 78.7 Å². The number of piperidine rings is 1. The minimum atomic E-state index is -0.941. The molecule has 2 saturated heterocycles. The highest BCUT2D eigenvalue weighted by molar-refractivity contribution is 6.25. The summed E-state index contributed by atoms with van der Waals surface area (Å²) in [5.41, 5.74) is 7.00. The molecule has 1 aromatic rings. The van der Waals surface area contributed by atoms with Gasteiger partial charge < -0.3 is 10.6 Å². The molecule has 11 heteroatoms. The molecule has 182 valence electrons. The van der Waals surface area contributed by atoms with Crippen LogP contribution in [0.1, 0.15) is 52.8 Å². The minimum absolute atomic E-state index is 0. The van der Waals surface area contributed by atoms with E-state index in [0.717, 1.165) is 69.1 Å². The smallest absolute Gasteiger partial charge is 0.264 e. The van der Waals surface area contributed by atoms with Gasteiger partial charge in [0, 0.05) is 32.6 Å². The first kappa shape index (κ1) is 27.0. The van der Waals surface area contributed by atoms with Crippen LogP contribution in [0.4, 0.5) is 5.69 Å². The second-order valence-electron chi connectivity index (χ2n) is 8.32. The van der Waals surface area contributed by atoms with E-state index in [-0.39, 0.29) is 43.6 Å². The molecule has 4 amide bonds. The van der Waals surface area contributed by atoms with Gasteiger partial charge in [0.15, 0.2) is 0 Å². The Kier molecular flexibility index (Phi) is 9.66. The summed E-state index contributed by atoms with van der Waals surface area (Å²) in [6.07, 6.45) is 3.59. The van der Waals surface area contributed by atoms with Crippen molar-refractivity contribution < 1.29 is 19.2 Å². The fraction of sp³-hybridized carbons (Fsp3) is 0.545. The zero-order chi connectivity index (χ0) is 22.0. The Hall–Kier alpha value is -2.20. The molecule has 3 N–H and O–H groups in total. The van der Waals surface area contributed by atoms with Crippen LogP contribution in [-0.2, 0) is 9.59 Å². The monoisotopic (exact) mass is 499 g/mol. The fourth-order valence-corrected chi connectivity index (χ4v) is 4.63. The number of piperazine rings is 1. The zero-order valence-corrected chi connectivity index (χ0v) is 20.1. The molecule has 0 aliphatic carbocycles. The van der Waals surface area contributed by atoms with Crippen LogP contribution in [0, 0.1) is 0 Å². The number of hydrogen-bond acceptors (Lipinski definition) is 7. The van der Waals surface area contributed by atoms with Crippen molar-refractivity contribution in [2.24, 2.45) is 5.73 Å². The number of unbranched alkanes of at least 4 members (excludes halogenated alkanes) is 2. The van der Waals surface area contributed by atoms with Gasteiger partial charge in [-0.25, -0.2) is 0 Å². The summed E-state index contributed by atoms with van der Waals surface area (Å²) >= 11 is 0. The highest BCUT2D eigenvalue weighted by Crippen LogP contribution is 2.34. The molecule has 0 bridgehead atoms. The average Bonchev–Trinajstić information content (AvgIpc) is 3.02. The van der Waals surface area contributed by atoms with E-state index >= 15 is 0 Å². The minimum Gasteiger partial charge on any atom is -0.368 e. The van der Waals surface area contributed by atoms with Gasteiger partial charge in [-0.05, 0) is 44.5 Å². The second-order valence-corrected chi connectivity index (χ2v) is 8.32. The van der Waals surface area contributed by atoms with E-state index in [0.29, 0.717) is 11.1 Å². The quantitative estimate of drug-likeness (QED) is 0.427. The number of rotatable bonds is 7. The van der Waals surface area contributed by atoms with Gasteiger partial charge in [0.1, 0.15) is 6.04 Å². The van der Waals surface area contributed by atoms with Gasteiger partial charge in [-0.3, -0.25) is 34.3 Å². The number of anilines is 1. The largest absolute Gasteiger partial charge is 0.368 e. The van der Waals surface area contributed by atoms with Crippen molar-refractivity contribution in [1.29, 1.82) is 0 Å². The topological polar surface area (TPSA) is 116 Å². The fourth-order valence-electron chi connectivity index (χ4n) is 4.63. The van der Waals surface area contributed by atoms with Gasteiger partial charge in [0.25, 0.3) is 11.8 Å². The number of nitrogens with one attached hydrogen (secondary N) is 1. The number of halogens is 2. The normalized spacial score (nSPS) is 20.8. The van der Waals surface area contributed by atoms with Gasteiger partial charge in [-0.1, -0.05) is 12.5 Å². The number of carbonyl (C=O) groups is 4. The molecular weight excluding hydrogens is 469 g/mol. The van der Waals surface area contributed by atoms with E-state index in [9.17, 15) is 19.2 Å². The lowest BCUT2D eigenvalue weighted by molar-refractivity contribution is -0.136. The van der Waals surface area contributed by atoms with Crippen LogP contribution in [0.5, 0.6) is 0 Å². The lowest BCUT2D eigenvalue weighted by atomic mass is 10.0. The molecule has 0 radical (unpaired) electrons. The first-order valence-corrected chi connectivity index (χ1v) is 11.0.